The summed E-state index contributed by atoms with van der Waals surface area (Å²) in [7, 11) is 0. The number of aromatic amines is 1. The van der Waals surface area contributed by atoms with Crippen molar-refractivity contribution in [1.29, 1.82) is 0 Å². The van der Waals surface area contributed by atoms with Crippen LogP contribution in [0.15, 0.2) is 24.3 Å². The molecule has 0 saturated carbocycles. The van der Waals surface area contributed by atoms with Crippen LogP contribution in [0.2, 0.25) is 0 Å². The molecule has 134 valence electrons. The Kier molecular flexibility index (Phi) is 9.11. The molecule has 2 aromatic rings. The molecular weight excluding hydrogens is 347 g/mol. The van der Waals surface area contributed by atoms with E-state index in [1.807, 2.05) is 24.3 Å². The van der Waals surface area contributed by atoms with Crippen molar-refractivity contribution in [3.05, 3.63) is 30.1 Å². The van der Waals surface area contributed by atoms with Crippen molar-refractivity contribution in [2.45, 2.75) is 32.1 Å². The molecule has 0 bridgehead atoms. The van der Waals surface area contributed by atoms with Gasteiger partial charge in [-0.2, -0.15) is 0 Å². The highest BCUT2D eigenvalue weighted by Gasteiger charge is 2.14. The second kappa shape index (κ2) is 10.5. The van der Waals surface area contributed by atoms with Crippen molar-refractivity contribution < 1.29 is 4.79 Å². The summed E-state index contributed by atoms with van der Waals surface area (Å²) in [5, 5.41) is 6.36. The summed E-state index contributed by atoms with van der Waals surface area (Å²) in [6.45, 7) is 2.83. The van der Waals surface area contributed by atoms with E-state index < -0.39 is 0 Å². The third-order valence-corrected chi connectivity index (χ3v) is 4.36. The molecule has 0 radical (unpaired) electrons. The van der Waals surface area contributed by atoms with Crippen LogP contribution in [0.5, 0.6) is 0 Å². The van der Waals surface area contributed by atoms with Crippen LogP contribution in [0.3, 0.4) is 0 Å². The quantitative estimate of drug-likeness (QED) is 0.729. The molecule has 5 nitrogen and oxygen atoms in total. The molecule has 3 rings (SSSR count). The fourth-order valence-electron chi connectivity index (χ4n) is 3.04. The van der Waals surface area contributed by atoms with E-state index in [2.05, 4.69) is 20.6 Å². The fourth-order valence-corrected chi connectivity index (χ4v) is 3.04. The highest BCUT2D eigenvalue weighted by Crippen LogP contribution is 2.17. The third-order valence-electron chi connectivity index (χ3n) is 4.36. The van der Waals surface area contributed by atoms with Crippen molar-refractivity contribution in [2.75, 3.05) is 19.6 Å². The smallest absolute Gasteiger partial charge is 0.220 e. The van der Waals surface area contributed by atoms with E-state index in [0.29, 0.717) is 18.9 Å². The maximum Gasteiger partial charge on any atom is 0.220 e. The maximum absolute atomic E-state index is 11.9. The van der Waals surface area contributed by atoms with Gasteiger partial charge in [0.25, 0.3) is 0 Å². The summed E-state index contributed by atoms with van der Waals surface area (Å²) >= 11 is 0. The van der Waals surface area contributed by atoms with Gasteiger partial charge in [-0.05, 0) is 50.4 Å². The fraction of sp³-hybridized carbons (Fsp3) is 0.529. The number of aromatic nitrogens is 2. The Labute approximate surface area is 155 Å². The molecule has 0 atom stereocenters. The van der Waals surface area contributed by atoms with Crippen LogP contribution in [0.4, 0.5) is 0 Å². The van der Waals surface area contributed by atoms with E-state index >= 15 is 0 Å². The number of benzene rings is 1. The summed E-state index contributed by atoms with van der Waals surface area (Å²) in [4.78, 5) is 19.7. The number of hydrogen-bond acceptors (Lipinski definition) is 3. The first-order valence-electron chi connectivity index (χ1n) is 8.22. The van der Waals surface area contributed by atoms with E-state index in [4.69, 9.17) is 0 Å². The number of rotatable bonds is 6. The molecule has 1 amide bonds. The minimum absolute atomic E-state index is 0. The lowest BCUT2D eigenvalue weighted by molar-refractivity contribution is -0.121. The van der Waals surface area contributed by atoms with E-state index in [-0.39, 0.29) is 30.7 Å². The van der Waals surface area contributed by atoms with Gasteiger partial charge in [0.2, 0.25) is 5.91 Å². The molecule has 0 unspecified atom stereocenters. The largest absolute Gasteiger partial charge is 0.356 e. The zero-order valence-corrected chi connectivity index (χ0v) is 15.3. The van der Waals surface area contributed by atoms with Gasteiger partial charge in [-0.15, -0.1) is 24.8 Å². The van der Waals surface area contributed by atoms with Crippen LogP contribution in [-0.4, -0.2) is 35.5 Å². The number of carbonyl (C=O) groups is 1. The SMILES string of the molecule is Cl.Cl.O=C(CCC1CCNCC1)NCCc1nc2ccccc2[nH]1. The average Bonchev–Trinajstić information content (AvgIpc) is 2.96. The Morgan fingerprint density at radius 3 is 2.71 bits per heavy atom. The minimum atomic E-state index is 0. The molecule has 24 heavy (non-hydrogen) atoms. The summed E-state index contributed by atoms with van der Waals surface area (Å²) in [5.74, 6) is 1.80. The summed E-state index contributed by atoms with van der Waals surface area (Å²) in [5.41, 5.74) is 2.03. The number of hydrogen-bond donors (Lipinski definition) is 3. The Morgan fingerprint density at radius 1 is 1.21 bits per heavy atom. The first-order valence-corrected chi connectivity index (χ1v) is 8.22. The van der Waals surface area contributed by atoms with Crippen molar-refractivity contribution in [3.8, 4) is 0 Å². The van der Waals surface area contributed by atoms with Gasteiger partial charge in [-0.1, -0.05) is 12.1 Å². The van der Waals surface area contributed by atoms with Gasteiger partial charge in [0.05, 0.1) is 11.0 Å². The lowest BCUT2D eigenvalue weighted by atomic mass is 9.93. The van der Waals surface area contributed by atoms with Crippen molar-refractivity contribution in [3.63, 3.8) is 0 Å². The number of imidazole rings is 1. The van der Waals surface area contributed by atoms with Crippen LogP contribution in [0, 0.1) is 5.92 Å². The van der Waals surface area contributed by atoms with E-state index in [9.17, 15) is 4.79 Å². The minimum Gasteiger partial charge on any atom is -0.356 e. The highest BCUT2D eigenvalue weighted by atomic mass is 35.5. The first kappa shape index (κ1) is 20.7. The van der Waals surface area contributed by atoms with E-state index in [1.54, 1.807) is 0 Å². The van der Waals surface area contributed by atoms with E-state index in [0.717, 1.165) is 42.8 Å². The number of carbonyl (C=O) groups excluding carboxylic acids is 1. The Bertz CT molecular complexity index is 593. The molecule has 2 heterocycles. The number of piperidine rings is 1. The van der Waals surface area contributed by atoms with Crippen LogP contribution < -0.4 is 10.6 Å². The molecule has 1 aliphatic rings. The van der Waals surface area contributed by atoms with Gasteiger partial charge < -0.3 is 15.6 Å². The normalized spacial score (nSPS) is 14.7. The van der Waals surface area contributed by atoms with Gasteiger partial charge in [-0.3, -0.25) is 4.79 Å². The zero-order valence-electron chi connectivity index (χ0n) is 13.7. The number of amides is 1. The molecule has 0 aliphatic carbocycles. The number of nitrogens with one attached hydrogen (secondary N) is 3. The van der Waals surface area contributed by atoms with Gasteiger partial charge in [-0.25, -0.2) is 4.98 Å². The van der Waals surface area contributed by atoms with Gasteiger partial charge in [0, 0.05) is 19.4 Å². The summed E-state index contributed by atoms with van der Waals surface area (Å²) < 4.78 is 0. The zero-order chi connectivity index (χ0) is 15.2. The second-order valence-corrected chi connectivity index (χ2v) is 6.03. The third kappa shape index (κ3) is 5.96. The molecular formula is C17H26Cl2N4O. The van der Waals surface area contributed by atoms with Gasteiger partial charge in [0.15, 0.2) is 0 Å². The van der Waals surface area contributed by atoms with Crippen LogP contribution in [-0.2, 0) is 11.2 Å². The Balaban J connectivity index is 0.00000144. The predicted molar refractivity (Wildman–Crippen MR) is 102 cm³/mol. The topological polar surface area (TPSA) is 69.8 Å². The second-order valence-electron chi connectivity index (χ2n) is 6.03. The standard InChI is InChI=1S/C17H24N4O.2ClH/c22-17(6-5-13-7-10-18-11-8-13)19-12-9-16-20-14-3-1-2-4-15(14)21-16;;/h1-4,13,18H,5-12H2,(H,19,22)(H,20,21);2*1H. The monoisotopic (exact) mass is 372 g/mol. The molecule has 0 spiro atoms. The Hall–Kier alpha value is -1.30. The number of nitrogens with zero attached hydrogens (tertiary/aromatic N) is 1. The lowest BCUT2D eigenvalue weighted by Gasteiger charge is -2.22. The van der Waals surface area contributed by atoms with Crippen molar-refractivity contribution in [1.82, 2.24) is 20.6 Å². The van der Waals surface area contributed by atoms with Crippen LogP contribution >= 0.6 is 24.8 Å². The van der Waals surface area contributed by atoms with E-state index in [1.165, 1.54) is 12.8 Å². The predicted octanol–water partition coefficient (Wildman–Crippen LogP) is 2.85. The molecule has 1 saturated heterocycles. The molecule has 3 N–H and O–H groups in total. The number of fused-ring (bicyclic) bond motifs is 1. The Morgan fingerprint density at radius 2 is 1.96 bits per heavy atom. The molecule has 7 heteroatoms. The van der Waals surface area contributed by atoms with Crippen LogP contribution in [0.1, 0.15) is 31.5 Å². The first-order chi connectivity index (χ1) is 10.8. The summed E-state index contributed by atoms with van der Waals surface area (Å²) in [6, 6.07) is 7.98. The number of para-hydroxylation sites is 2. The average molecular weight is 373 g/mol. The van der Waals surface area contributed by atoms with Gasteiger partial charge in [0.1, 0.15) is 5.82 Å². The maximum atomic E-state index is 11.9. The number of halogens is 2. The van der Waals surface area contributed by atoms with Crippen LogP contribution in [0.25, 0.3) is 11.0 Å². The number of H-pyrrole nitrogens is 1. The molecule has 1 aromatic carbocycles. The van der Waals surface area contributed by atoms with Crippen molar-refractivity contribution >= 4 is 41.8 Å². The molecule has 1 aromatic heterocycles. The molecule has 1 fully saturated rings. The highest BCUT2D eigenvalue weighted by molar-refractivity contribution is 5.85. The lowest BCUT2D eigenvalue weighted by Crippen LogP contribution is -2.30. The molecule has 1 aliphatic heterocycles. The summed E-state index contributed by atoms with van der Waals surface area (Å²) in [6.07, 6.45) is 4.80. The van der Waals surface area contributed by atoms with Gasteiger partial charge >= 0.3 is 0 Å². The van der Waals surface area contributed by atoms with Crippen molar-refractivity contribution in [2.24, 2.45) is 5.92 Å².